The van der Waals surface area contributed by atoms with Crippen molar-refractivity contribution in [3.63, 3.8) is 0 Å². The molecular formula is C19H25N3O2S. The Balaban J connectivity index is 1.57. The first-order valence-corrected chi connectivity index (χ1v) is 10.2. The molecule has 0 bridgehead atoms. The minimum absolute atomic E-state index is 0.368. The summed E-state index contributed by atoms with van der Waals surface area (Å²) in [6.45, 7) is 6.10. The van der Waals surface area contributed by atoms with E-state index in [4.69, 9.17) is 0 Å². The van der Waals surface area contributed by atoms with Crippen LogP contribution in [-0.2, 0) is 10.0 Å². The van der Waals surface area contributed by atoms with Crippen molar-refractivity contribution < 1.29 is 8.42 Å². The predicted octanol–water partition coefficient (Wildman–Crippen LogP) is 2.89. The smallest absolute Gasteiger partial charge is 0.240 e. The molecule has 5 nitrogen and oxygen atoms in total. The minimum Gasteiger partial charge on any atom is -0.370 e. The van der Waals surface area contributed by atoms with Gasteiger partial charge in [-0.3, -0.25) is 4.98 Å². The zero-order valence-corrected chi connectivity index (χ0v) is 15.6. The Kier molecular flexibility index (Phi) is 5.39. The Morgan fingerprint density at radius 3 is 2.64 bits per heavy atom. The van der Waals surface area contributed by atoms with E-state index in [0.29, 0.717) is 17.4 Å². The van der Waals surface area contributed by atoms with E-state index in [2.05, 4.69) is 20.7 Å². The molecule has 2 aromatic rings. The van der Waals surface area contributed by atoms with Gasteiger partial charge in [-0.1, -0.05) is 12.1 Å². The van der Waals surface area contributed by atoms with Crippen molar-refractivity contribution in [1.82, 2.24) is 9.71 Å². The number of pyridine rings is 1. The van der Waals surface area contributed by atoms with Crippen molar-refractivity contribution in [1.29, 1.82) is 0 Å². The average Bonchev–Trinajstić information content (AvgIpc) is 2.63. The van der Waals surface area contributed by atoms with E-state index in [1.807, 2.05) is 38.2 Å². The maximum absolute atomic E-state index is 12.6. The molecule has 1 aliphatic heterocycles. The molecule has 0 radical (unpaired) electrons. The van der Waals surface area contributed by atoms with E-state index in [1.54, 1.807) is 12.3 Å². The fourth-order valence-electron chi connectivity index (χ4n) is 3.24. The molecule has 25 heavy (non-hydrogen) atoms. The Bertz CT molecular complexity index is 814. The molecule has 0 spiro atoms. The number of hydrogen-bond acceptors (Lipinski definition) is 4. The van der Waals surface area contributed by atoms with Crippen LogP contribution in [0.4, 0.5) is 5.69 Å². The Hall–Kier alpha value is -1.92. The van der Waals surface area contributed by atoms with Crippen molar-refractivity contribution in [3.05, 3.63) is 53.9 Å². The topological polar surface area (TPSA) is 62.3 Å². The van der Waals surface area contributed by atoms with Crippen LogP contribution in [0.15, 0.2) is 47.6 Å². The third-order valence-electron chi connectivity index (χ3n) is 4.82. The maximum atomic E-state index is 12.6. The third-order valence-corrected chi connectivity index (χ3v) is 6.39. The SMILES string of the molecule is Cc1ccc(C)c(S(=O)(=O)NCC2CCN(c3cccnc3)CC2)c1. The van der Waals surface area contributed by atoms with E-state index in [1.165, 1.54) is 0 Å². The molecule has 1 aliphatic rings. The fraction of sp³-hybridized carbons (Fsp3) is 0.421. The summed E-state index contributed by atoms with van der Waals surface area (Å²) >= 11 is 0. The van der Waals surface area contributed by atoms with E-state index in [9.17, 15) is 8.42 Å². The molecule has 1 fully saturated rings. The predicted molar refractivity (Wildman–Crippen MR) is 100 cm³/mol. The van der Waals surface area contributed by atoms with Crippen molar-refractivity contribution >= 4 is 15.7 Å². The van der Waals surface area contributed by atoms with Crippen LogP contribution < -0.4 is 9.62 Å². The molecule has 0 atom stereocenters. The maximum Gasteiger partial charge on any atom is 0.240 e. The molecule has 1 N–H and O–H groups in total. The van der Waals surface area contributed by atoms with Gasteiger partial charge in [-0.05, 0) is 61.9 Å². The monoisotopic (exact) mass is 359 g/mol. The molecule has 0 saturated carbocycles. The molecule has 0 amide bonds. The summed E-state index contributed by atoms with van der Waals surface area (Å²) in [4.78, 5) is 6.86. The lowest BCUT2D eigenvalue weighted by Gasteiger charge is -2.33. The van der Waals surface area contributed by atoms with Crippen molar-refractivity contribution in [2.75, 3.05) is 24.5 Å². The second kappa shape index (κ2) is 7.54. The van der Waals surface area contributed by atoms with Crippen molar-refractivity contribution in [3.8, 4) is 0 Å². The second-order valence-corrected chi connectivity index (χ2v) is 8.50. The lowest BCUT2D eigenvalue weighted by molar-refractivity contribution is 0.402. The minimum atomic E-state index is -3.45. The highest BCUT2D eigenvalue weighted by atomic mass is 32.2. The van der Waals surface area contributed by atoms with Gasteiger partial charge in [0.2, 0.25) is 10.0 Å². The summed E-state index contributed by atoms with van der Waals surface area (Å²) < 4.78 is 28.0. The number of aromatic nitrogens is 1. The number of piperidine rings is 1. The van der Waals surface area contributed by atoms with Gasteiger partial charge >= 0.3 is 0 Å². The van der Waals surface area contributed by atoms with Gasteiger partial charge < -0.3 is 4.90 Å². The van der Waals surface area contributed by atoms with Crippen LogP contribution in [0.1, 0.15) is 24.0 Å². The summed E-state index contributed by atoms with van der Waals surface area (Å²) in [6, 6.07) is 9.54. The summed E-state index contributed by atoms with van der Waals surface area (Å²) in [5.74, 6) is 0.368. The highest BCUT2D eigenvalue weighted by Gasteiger charge is 2.23. The molecule has 1 aromatic carbocycles. The van der Waals surface area contributed by atoms with Gasteiger partial charge in [-0.25, -0.2) is 13.1 Å². The number of nitrogens with zero attached hydrogens (tertiary/aromatic N) is 2. The molecule has 134 valence electrons. The molecule has 6 heteroatoms. The number of nitrogens with one attached hydrogen (secondary N) is 1. The lowest BCUT2D eigenvalue weighted by atomic mass is 9.97. The molecule has 1 saturated heterocycles. The average molecular weight is 359 g/mol. The molecule has 0 unspecified atom stereocenters. The summed E-state index contributed by atoms with van der Waals surface area (Å²) in [5, 5.41) is 0. The molecular weight excluding hydrogens is 334 g/mol. The van der Waals surface area contributed by atoms with Crippen LogP contribution in [0.3, 0.4) is 0 Å². The summed E-state index contributed by atoms with van der Waals surface area (Å²) in [6.07, 6.45) is 5.61. The number of rotatable bonds is 5. The van der Waals surface area contributed by atoms with E-state index < -0.39 is 10.0 Å². The first kappa shape index (κ1) is 17.9. The quantitative estimate of drug-likeness (QED) is 0.892. The number of hydrogen-bond donors (Lipinski definition) is 1. The van der Waals surface area contributed by atoms with Gasteiger partial charge in [0.15, 0.2) is 0 Å². The van der Waals surface area contributed by atoms with Crippen molar-refractivity contribution in [2.24, 2.45) is 5.92 Å². The lowest BCUT2D eigenvalue weighted by Crippen LogP contribution is -2.38. The first-order valence-electron chi connectivity index (χ1n) is 8.67. The van der Waals surface area contributed by atoms with Gasteiger partial charge in [0, 0.05) is 25.8 Å². The highest BCUT2D eigenvalue weighted by molar-refractivity contribution is 7.89. The zero-order chi connectivity index (χ0) is 17.9. The van der Waals surface area contributed by atoms with Crippen LogP contribution in [-0.4, -0.2) is 33.0 Å². The number of sulfonamides is 1. The van der Waals surface area contributed by atoms with Crippen LogP contribution in [0.5, 0.6) is 0 Å². The largest absolute Gasteiger partial charge is 0.370 e. The van der Waals surface area contributed by atoms with Crippen LogP contribution in [0.25, 0.3) is 0 Å². The Labute approximate surface area is 150 Å². The van der Waals surface area contributed by atoms with E-state index in [0.717, 1.165) is 42.7 Å². The fourth-order valence-corrected chi connectivity index (χ4v) is 4.68. The summed E-state index contributed by atoms with van der Waals surface area (Å²) in [5.41, 5.74) is 2.87. The highest BCUT2D eigenvalue weighted by Crippen LogP contribution is 2.23. The van der Waals surface area contributed by atoms with Crippen LogP contribution in [0.2, 0.25) is 0 Å². The molecule has 1 aromatic heterocycles. The van der Waals surface area contributed by atoms with Crippen LogP contribution in [0, 0.1) is 19.8 Å². The van der Waals surface area contributed by atoms with Gasteiger partial charge in [0.25, 0.3) is 0 Å². The number of benzene rings is 1. The number of anilines is 1. The molecule has 3 rings (SSSR count). The molecule has 0 aliphatic carbocycles. The van der Waals surface area contributed by atoms with Gasteiger partial charge in [-0.2, -0.15) is 0 Å². The summed E-state index contributed by atoms with van der Waals surface area (Å²) in [7, 11) is -3.45. The molecule has 2 heterocycles. The van der Waals surface area contributed by atoms with Crippen molar-refractivity contribution in [2.45, 2.75) is 31.6 Å². The van der Waals surface area contributed by atoms with Crippen LogP contribution >= 0.6 is 0 Å². The van der Waals surface area contributed by atoms with Gasteiger partial charge in [-0.15, -0.1) is 0 Å². The van der Waals surface area contributed by atoms with E-state index >= 15 is 0 Å². The third kappa shape index (κ3) is 4.38. The zero-order valence-electron chi connectivity index (χ0n) is 14.8. The van der Waals surface area contributed by atoms with Gasteiger partial charge in [0.05, 0.1) is 16.8 Å². The standard InChI is InChI=1S/C19H25N3O2S/c1-15-5-6-16(2)19(12-15)25(23,24)21-13-17-7-10-22(11-8-17)18-4-3-9-20-14-18/h3-6,9,12,14,17,21H,7-8,10-11,13H2,1-2H3. The first-order chi connectivity index (χ1) is 12.0. The Morgan fingerprint density at radius 2 is 1.96 bits per heavy atom. The normalized spacial score (nSPS) is 16.2. The van der Waals surface area contributed by atoms with Gasteiger partial charge in [0.1, 0.15) is 0 Å². The number of aryl methyl sites for hydroxylation is 2. The Morgan fingerprint density at radius 1 is 1.20 bits per heavy atom. The second-order valence-electron chi connectivity index (χ2n) is 6.76. The van der Waals surface area contributed by atoms with E-state index in [-0.39, 0.29) is 0 Å².